The summed E-state index contributed by atoms with van der Waals surface area (Å²) < 4.78 is 2.12. The molecule has 15 heavy (non-hydrogen) atoms. The first kappa shape index (κ1) is 10.5. The lowest BCUT2D eigenvalue weighted by Gasteiger charge is -2.23. The van der Waals surface area contributed by atoms with E-state index < -0.39 is 0 Å². The standard InChI is InChI=1S/C12H21N3/c1-5-9-7-13-11-6-10(12(2,3)4)14-15(11)8-9/h6,9,13H,5,7-8H2,1-4H3. The number of aromatic nitrogens is 2. The number of rotatable bonds is 1. The van der Waals surface area contributed by atoms with Crippen molar-refractivity contribution in [3.8, 4) is 0 Å². The third-order valence-corrected chi connectivity index (χ3v) is 3.13. The number of hydrogen-bond donors (Lipinski definition) is 1. The van der Waals surface area contributed by atoms with Gasteiger partial charge in [-0.05, 0) is 12.3 Å². The highest BCUT2D eigenvalue weighted by atomic mass is 15.3. The molecule has 1 aromatic rings. The molecule has 0 bridgehead atoms. The summed E-state index contributed by atoms with van der Waals surface area (Å²) in [5.41, 5.74) is 1.33. The first-order valence-electron chi connectivity index (χ1n) is 5.83. The van der Waals surface area contributed by atoms with E-state index in [-0.39, 0.29) is 5.41 Å². The second-order valence-corrected chi connectivity index (χ2v) is 5.50. The zero-order valence-electron chi connectivity index (χ0n) is 10.2. The van der Waals surface area contributed by atoms with Crippen LogP contribution in [-0.2, 0) is 12.0 Å². The van der Waals surface area contributed by atoms with E-state index in [9.17, 15) is 0 Å². The molecule has 3 nitrogen and oxygen atoms in total. The van der Waals surface area contributed by atoms with Crippen molar-refractivity contribution in [2.45, 2.75) is 46.1 Å². The Morgan fingerprint density at radius 1 is 1.53 bits per heavy atom. The Hall–Kier alpha value is -0.990. The monoisotopic (exact) mass is 207 g/mol. The molecule has 0 aromatic carbocycles. The van der Waals surface area contributed by atoms with Crippen LogP contribution in [0.5, 0.6) is 0 Å². The second kappa shape index (κ2) is 3.54. The molecule has 1 atom stereocenters. The van der Waals surface area contributed by atoms with E-state index in [1.54, 1.807) is 0 Å². The van der Waals surface area contributed by atoms with Crippen LogP contribution in [0.4, 0.5) is 5.82 Å². The van der Waals surface area contributed by atoms with Gasteiger partial charge in [0, 0.05) is 24.6 Å². The van der Waals surface area contributed by atoms with Gasteiger partial charge < -0.3 is 5.32 Å². The van der Waals surface area contributed by atoms with Crippen LogP contribution in [0.25, 0.3) is 0 Å². The maximum atomic E-state index is 4.67. The highest BCUT2D eigenvalue weighted by Crippen LogP contribution is 2.27. The molecule has 1 aromatic heterocycles. The Balaban J connectivity index is 2.26. The van der Waals surface area contributed by atoms with Crippen LogP contribution in [0.1, 0.15) is 39.8 Å². The van der Waals surface area contributed by atoms with E-state index in [2.05, 4.69) is 48.9 Å². The maximum absolute atomic E-state index is 4.67. The topological polar surface area (TPSA) is 29.9 Å². The number of anilines is 1. The molecular weight excluding hydrogens is 186 g/mol. The van der Waals surface area contributed by atoms with Crippen molar-refractivity contribution in [3.63, 3.8) is 0 Å². The molecule has 0 fully saturated rings. The van der Waals surface area contributed by atoms with Crippen molar-refractivity contribution in [2.24, 2.45) is 5.92 Å². The largest absolute Gasteiger partial charge is 0.370 e. The number of hydrogen-bond acceptors (Lipinski definition) is 2. The first-order chi connectivity index (χ1) is 7.00. The molecular formula is C12H21N3. The van der Waals surface area contributed by atoms with Gasteiger partial charge in [0.2, 0.25) is 0 Å². The molecule has 0 spiro atoms. The minimum atomic E-state index is 0.147. The van der Waals surface area contributed by atoms with Crippen molar-refractivity contribution >= 4 is 5.82 Å². The summed E-state index contributed by atoms with van der Waals surface area (Å²) in [6, 6.07) is 2.19. The quantitative estimate of drug-likeness (QED) is 0.767. The molecule has 0 aliphatic carbocycles. The lowest BCUT2D eigenvalue weighted by Crippen LogP contribution is -2.27. The molecule has 1 N–H and O–H groups in total. The summed E-state index contributed by atoms with van der Waals surface area (Å²) in [5.74, 6) is 1.91. The van der Waals surface area contributed by atoms with Crippen LogP contribution < -0.4 is 5.32 Å². The second-order valence-electron chi connectivity index (χ2n) is 5.50. The molecule has 1 aliphatic rings. The number of nitrogens with zero attached hydrogens (tertiary/aromatic N) is 2. The Bertz CT molecular complexity index is 346. The highest BCUT2D eigenvalue weighted by molar-refractivity contribution is 5.40. The lowest BCUT2D eigenvalue weighted by molar-refractivity contribution is 0.398. The van der Waals surface area contributed by atoms with Gasteiger partial charge in [-0.25, -0.2) is 4.68 Å². The van der Waals surface area contributed by atoms with E-state index in [4.69, 9.17) is 0 Å². The zero-order chi connectivity index (χ0) is 11.1. The molecule has 0 saturated carbocycles. The molecule has 2 rings (SSSR count). The number of fused-ring (bicyclic) bond motifs is 1. The van der Waals surface area contributed by atoms with Gasteiger partial charge in [0.05, 0.1) is 5.69 Å². The molecule has 1 unspecified atom stereocenters. The van der Waals surface area contributed by atoms with E-state index in [0.717, 1.165) is 19.0 Å². The smallest absolute Gasteiger partial charge is 0.124 e. The average Bonchev–Trinajstić information content (AvgIpc) is 2.59. The molecule has 0 saturated heterocycles. The van der Waals surface area contributed by atoms with E-state index in [0.29, 0.717) is 0 Å². The Labute approximate surface area is 91.9 Å². The van der Waals surface area contributed by atoms with Crippen molar-refractivity contribution in [1.82, 2.24) is 9.78 Å². The average molecular weight is 207 g/mol. The summed E-state index contributed by atoms with van der Waals surface area (Å²) in [6.45, 7) is 11.0. The van der Waals surface area contributed by atoms with E-state index in [1.165, 1.54) is 17.9 Å². The summed E-state index contributed by atoms with van der Waals surface area (Å²) in [4.78, 5) is 0. The predicted molar refractivity (Wildman–Crippen MR) is 63.2 cm³/mol. The van der Waals surface area contributed by atoms with Crippen LogP contribution in [0.2, 0.25) is 0 Å². The molecule has 0 amide bonds. The lowest BCUT2D eigenvalue weighted by atomic mass is 9.92. The Kier molecular flexibility index (Phi) is 2.49. The van der Waals surface area contributed by atoms with Crippen LogP contribution >= 0.6 is 0 Å². The van der Waals surface area contributed by atoms with Crippen molar-refractivity contribution in [1.29, 1.82) is 0 Å². The fourth-order valence-corrected chi connectivity index (χ4v) is 1.90. The third kappa shape index (κ3) is 2.01. The molecule has 3 heteroatoms. The van der Waals surface area contributed by atoms with Crippen molar-refractivity contribution in [2.75, 3.05) is 11.9 Å². The van der Waals surface area contributed by atoms with E-state index in [1.807, 2.05) is 0 Å². The normalized spacial score (nSPS) is 20.9. The molecule has 2 heterocycles. The zero-order valence-corrected chi connectivity index (χ0v) is 10.2. The van der Waals surface area contributed by atoms with E-state index >= 15 is 0 Å². The van der Waals surface area contributed by atoms with Gasteiger partial charge in [-0.15, -0.1) is 0 Å². The van der Waals surface area contributed by atoms with Gasteiger partial charge in [-0.3, -0.25) is 0 Å². The molecule has 1 aliphatic heterocycles. The summed E-state index contributed by atoms with van der Waals surface area (Å²) in [5, 5.41) is 8.13. The van der Waals surface area contributed by atoms with Gasteiger partial charge in [0.1, 0.15) is 5.82 Å². The summed E-state index contributed by atoms with van der Waals surface area (Å²) in [7, 11) is 0. The number of nitrogens with one attached hydrogen (secondary N) is 1. The van der Waals surface area contributed by atoms with Gasteiger partial charge in [0.15, 0.2) is 0 Å². The summed E-state index contributed by atoms with van der Waals surface area (Å²) in [6.07, 6.45) is 1.22. The van der Waals surface area contributed by atoms with Gasteiger partial charge >= 0.3 is 0 Å². The van der Waals surface area contributed by atoms with Crippen LogP contribution in [0.15, 0.2) is 6.07 Å². The summed E-state index contributed by atoms with van der Waals surface area (Å²) >= 11 is 0. The molecule has 0 radical (unpaired) electrons. The third-order valence-electron chi connectivity index (χ3n) is 3.13. The van der Waals surface area contributed by atoms with Gasteiger partial charge in [-0.1, -0.05) is 27.7 Å². The SMILES string of the molecule is CCC1CNc2cc(C(C)(C)C)nn2C1. The minimum absolute atomic E-state index is 0.147. The van der Waals surface area contributed by atoms with Gasteiger partial charge in [-0.2, -0.15) is 5.10 Å². The molecule has 84 valence electrons. The maximum Gasteiger partial charge on any atom is 0.124 e. The minimum Gasteiger partial charge on any atom is -0.370 e. The van der Waals surface area contributed by atoms with Crippen LogP contribution in [0, 0.1) is 5.92 Å². The van der Waals surface area contributed by atoms with Gasteiger partial charge in [0.25, 0.3) is 0 Å². The predicted octanol–water partition coefficient (Wildman–Crippen LogP) is 2.63. The fourth-order valence-electron chi connectivity index (χ4n) is 1.90. The van der Waals surface area contributed by atoms with Crippen molar-refractivity contribution < 1.29 is 0 Å². The van der Waals surface area contributed by atoms with Crippen LogP contribution in [-0.4, -0.2) is 16.3 Å². The first-order valence-corrected chi connectivity index (χ1v) is 5.83. The fraction of sp³-hybridized carbons (Fsp3) is 0.750. The van der Waals surface area contributed by atoms with Crippen LogP contribution in [0.3, 0.4) is 0 Å². The highest BCUT2D eigenvalue weighted by Gasteiger charge is 2.23. The van der Waals surface area contributed by atoms with Crippen molar-refractivity contribution in [3.05, 3.63) is 11.8 Å². The Morgan fingerprint density at radius 3 is 2.87 bits per heavy atom. The Morgan fingerprint density at radius 2 is 2.27 bits per heavy atom.